The van der Waals surface area contributed by atoms with E-state index >= 15 is 0 Å². The van der Waals surface area contributed by atoms with Gasteiger partial charge in [-0.1, -0.05) is 12.1 Å². The number of carbonyl (C=O) groups is 2. The molecule has 1 aromatic carbocycles. The maximum absolute atomic E-state index is 12.2. The minimum Gasteiger partial charge on any atom is -0.468 e. The zero-order valence-corrected chi connectivity index (χ0v) is 13.1. The van der Waals surface area contributed by atoms with Crippen molar-refractivity contribution in [2.24, 2.45) is 0 Å². The monoisotopic (exact) mass is 318 g/mol. The summed E-state index contributed by atoms with van der Waals surface area (Å²) in [5.41, 5.74) is 0.627. The fourth-order valence-corrected chi connectivity index (χ4v) is 2.79. The van der Waals surface area contributed by atoms with Gasteiger partial charge in [0.05, 0.1) is 17.6 Å². The Balaban J connectivity index is 1.92. The van der Waals surface area contributed by atoms with Crippen LogP contribution in [0.2, 0.25) is 0 Å². The van der Waals surface area contributed by atoms with Crippen LogP contribution < -0.4 is 10.6 Å². The molecule has 0 fully saturated rings. The van der Waals surface area contributed by atoms with Gasteiger partial charge in [0.1, 0.15) is 5.76 Å². The zero-order chi connectivity index (χ0) is 15.8. The van der Waals surface area contributed by atoms with Gasteiger partial charge in [-0.25, -0.2) is 0 Å². The van der Waals surface area contributed by atoms with Crippen LogP contribution in [0.3, 0.4) is 0 Å². The smallest absolute Gasteiger partial charge is 0.252 e. The molecular formula is C16H18N2O3S. The molecule has 22 heavy (non-hydrogen) atoms. The summed E-state index contributed by atoms with van der Waals surface area (Å²) in [5.74, 6) is 1.28. The maximum Gasteiger partial charge on any atom is 0.252 e. The van der Waals surface area contributed by atoms with Gasteiger partial charge in [-0.3, -0.25) is 9.59 Å². The van der Waals surface area contributed by atoms with Crippen molar-refractivity contribution in [3.05, 3.63) is 54.0 Å². The number of nitrogens with one attached hydrogen (secondary N) is 2. The molecule has 2 rings (SSSR count). The Bertz CT molecular complexity index is 626. The molecule has 1 heterocycles. The summed E-state index contributed by atoms with van der Waals surface area (Å²) >= 11 is 1.55. The molecule has 0 bridgehead atoms. The lowest BCUT2D eigenvalue weighted by atomic mass is 10.2. The predicted octanol–water partition coefficient (Wildman–Crippen LogP) is 2.44. The van der Waals surface area contributed by atoms with Crippen LogP contribution in [-0.2, 0) is 10.5 Å². The molecule has 2 amide bonds. The van der Waals surface area contributed by atoms with Crippen LogP contribution in [0.1, 0.15) is 23.0 Å². The number of carbonyl (C=O) groups excluding carboxylic acids is 2. The minimum absolute atomic E-state index is 0.108. The van der Waals surface area contributed by atoms with Gasteiger partial charge in [0, 0.05) is 24.9 Å². The molecule has 116 valence electrons. The lowest BCUT2D eigenvalue weighted by molar-refractivity contribution is -0.118. The Hall–Kier alpha value is -2.21. The normalized spacial score (nSPS) is 10.2. The van der Waals surface area contributed by atoms with Crippen molar-refractivity contribution in [3.8, 4) is 0 Å². The number of hydrogen-bond donors (Lipinski definition) is 2. The molecular weight excluding hydrogens is 300 g/mol. The predicted molar refractivity (Wildman–Crippen MR) is 85.7 cm³/mol. The summed E-state index contributed by atoms with van der Waals surface area (Å²) in [7, 11) is 0. The van der Waals surface area contributed by atoms with Crippen molar-refractivity contribution in [3.63, 3.8) is 0 Å². The first kappa shape index (κ1) is 16.2. The van der Waals surface area contributed by atoms with Gasteiger partial charge in [-0.15, -0.1) is 11.8 Å². The minimum atomic E-state index is -0.145. The van der Waals surface area contributed by atoms with Crippen molar-refractivity contribution < 1.29 is 14.0 Å². The molecule has 0 aliphatic heterocycles. The van der Waals surface area contributed by atoms with E-state index in [0.717, 1.165) is 10.7 Å². The van der Waals surface area contributed by atoms with Gasteiger partial charge in [0.15, 0.2) is 0 Å². The maximum atomic E-state index is 12.2. The van der Waals surface area contributed by atoms with Gasteiger partial charge in [0.2, 0.25) is 5.91 Å². The summed E-state index contributed by atoms with van der Waals surface area (Å²) in [6, 6.07) is 11.2. The molecule has 0 aliphatic rings. The molecule has 0 saturated heterocycles. The van der Waals surface area contributed by atoms with Crippen molar-refractivity contribution in [2.75, 3.05) is 13.1 Å². The van der Waals surface area contributed by atoms with Crippen LogP contribution in [0.15, 0.2) is 52.0 Å². The first-order chi connectivity index (χ1) is 10.7. The first-order valence-electron chi connectivity index (χ1n) is 6.93. The highest BCUT2D eigenvalue weighted by Gasteiger charge is 2.11. The molecule has 6 heteroatoms. The van der Waals surface area contributed by atoms with Crippen LogP contribution in [0.5, 0.6) is 0 Å². The summed E-state index contributed by atoms with van der Waals surface area (Å²) in [5, 5.41) is 5.44. The van der Waals surface area contributed by atoms with E-state index in [1.807, 2.05) is 30.3 Å². The Kier molecular flexibility index (Phi) is 6.09. The quantitative estimate of drug-likeness (QED) is 0.607. The fourth-order valence-electron chi connectivity index (χ4n) is 1.83. The third-order valence-electron chi connectivity index (χ3n) is 2.87. The summed E-state index contributed by atoms with van der Waals surface area (Å²) < 4.78 is 5.30. The molecule has 0 spiro atoms. The molecule has 0 saturated carbocycles. The molecule has 0 radical (unpaired) electrons. The Labute approximate surface area is 133 Å². The molecule has 2 aromatic rings. The van der Waals surface area contributed by atoms with Crippen LogP contribution in [-0.4, -0.2) is 24.9 Å². The number of furan rings is 1. The van der Waals surface area contributed by atoms with E-state index in [0.29, 0.717) is 24.4 Å². The van der Waals surface area contributed by atoms with Crippen molar-refractivity contribution >= 4 is 23.6 Å². The number of benzene rings is 1. The number of rotatable bonds is 7. The van der Waals surface area contributed by atoms with Gasteiger partial charge in [-0.05, 0) is 24.3 Å². The highest BCUT2D eigenvalue weighted by atomic mass is 32.2. The summed E-state index contributed by atoms with van der Waals surface area (Å²) in [6.07, 6.45) is 1.64. The average molecular weight is 318 g/mol. The molecule has 0 aliphatic carbocycles. The molecule has 0 unspecified atom stereocenters. The van der Waals surface area contributed by atoms with Crippen molar-refractivity contribution in [1.82, 2.24) is 10.6 Å². The summed E-state index contributed by atoms with van der Waals surface area (Å²) in [6.45, 7) is 2.26. The number of thioether (sulfide) groups is 1. The standard InChI is InChI=1S/C16H18N2O3S/c1-12(19)17-8-9-18-16(20)14-6-2-3-7-15(14)22-11-13-5-4-10-21-13/h2-7,10H,8-9,11H2,1H3,(H,17,19)(H,18,20). The van der Waals surface area contributed by atoms with Crippen LogP contribution in [0.4, 0.5) is 0 Å². The average Bonchev–Trinajstić information content (AvgIpc) is 3.03. The largest absolute Gasteiger partial charge is 0.468 e. The zero-order valence-electron chi connectivity index (χ0n) is 12.3. The molecule has 1 aromatic heterocycles. The highest BCUT2D eigenvalue weighted by molar-refractivity contribution is 7.98. The second-order valence-corrected chi connectivity index (χ2v) is 5.62. The van der Waals surface area contributed by atoms with Gasteiger partial charge < -0.3 is 15.1 Å². The topological polar surface area (TPSA) is 71.3 Å². The van der Waals surface area contributed by atoms with Crippen LogP contribution in [0, 0.1) is 0 Å². The van der Waals surface area contributed by atoms with E-state index < -0.39 is 0 Å². The van der Waals surface area contributed by atoms with Crippen molar-refractivity contribution in [2.45, 2.75) is 17.6 Å². The van der Waals surface area contributed by atoms with Gasteiger partial charge >= 0.3 is 0 Å². The molecule has 5 nitrogen and oxygen atoms in total. The Morgan fingerprint density at radius 1 is 1.09 bits per heavy atom. The Morgan fingerprint density at radius 3 is 2.59 bits per heavy atom. The first-order valence-corrected chi connectivity index (χ1v) is 7.92. The van der Waals surface area contributed by atoms with E-state index in [2.05, 4.69) is 10.6 Å². The lowest BCUT2D eigenvalue weighted by Crippen LogP contribution is -2.33. The Morgan fingerprint density at radius 2 is 1.86 bits per heavy atom. The van der Waals surface area contributed by atoms with E-state index in [9.17, 15) is 9.59 Å². The van der Waals surface area contributed by atoms with Gasteiger partial charge in [0.25, 0.3) is 5.91 Å². The summed E-state index contributed by atoms with van der Waals surface area (Å²) in [4.78, 5) is 23.9. The lowest BCUT2D eigenvalue weighted by Gasteiger charge is -2.09. The van der Waals surface area contributed by atoms with E-state index in [-0.39, 0.29) is 11.8 Å². The van der Waals surface area contributed by atoms with E-state index in [1.54, 1.807) is 24.1 Å². The number of hydrogen-bond acceptors (Lipinski definition) is 4. The SMILES string of the molecule is CC(=O)NCCNC(=O)c1ccccc1SCc1ccco1. The molecule has 2 N–H and O–H groups in total. The third-order valence-corrected chi connectivity index (χ3v) is 3.96. The fraction of sp³-hybridized carbons (Fsp3) is 0.250. The van der Waals surface area contributed by atoms with Gasteiger partial charge in [-0.2, -0.15) is 0 Å². The van der Waals surface area contributed by atoms with E-state index in [1.165, 1.54) is 6.92 Å². The van der Waals surface area contributed by atoms with Crippen molar-refractivity contribution in [1.29, 1.82) is 0 Å². The molecule has 0 atom stereocenters. The third kappa shape index (κ3) is 4.96. The van der Waals surface area contributed by atoms with E-state index in [4.69, 9.17) is 4.42 Å². The van der Waals surface area contributed by atoms with Crippen LogP contribution in [0.25, 0.3) is 0 Å². The second kappa shape index (κ2) is 8.29. The number of amides is 2. The highest BCUT2D eigenvalue weighted by Crippen LogP contribution is 2.26. The van der Waals surface area contributed by atoms with Crippen LogP contribution >= 0.6 is 11.8 Å². The second-order valence-electron chi connectivity index (χ2n) is 4.60.